The van der Waals surface area contributed by atoms with Gasteiger partial charge in [-0.3, -0.25) is 9.59 Å². The number of halogens is 1. The molecule has 0 fully saturated rings. The second-order valence-electron chi connectivity index (χ2n) is 11.7. The van der Waals surface area contributed by atoms with E-state index < -0.39 is 6.04 Å². The molecule has 9 nitrogen and oxygen atoms in total. The summed E-state index contributed by atoms with van der Waals surface area (Å²) in [5.41, 5.74) is 5.36. The number of rotatable bonds is 12. The van der Waals surface area contributed by atoms with Crippen molar-refractivity contribution in [1.29, 1.82) is 0 Å². The van der Waals surface area contributed by atoms with E-state index >= 15 is 0 Å². The molecule has 46 heavy (non-hydrogen) atoms. The number of methoxy groups -OCH3 is 1. The predicted octanol–water partition coefficient (Wildman–Crippen LogP) is 6.51. The van der Waals surface area contributed by atoms with E-state index in [-0.39, 0.29) is 29.1 Å². The smallest absolute Gasteiger partial charge is 0.275 e. The van der Waals surface area contributed by atoms with Crippen molar-refractivity contribution in [3.63, 3.8) is 0 Å². The van der Waals surface area contributed by atoms with E-state index in [0.29, 0.717) is 48.9 Å². The number of pyridine rings is 1. The highest BCUT2D eigenvalue weighted by Crippen LogP contribution is 2.32. The van der Waals surface area contributed by atoms with Gasteiger partial charge in [-0.25, -0.2) is 9.67 Å². The lowest BCUT2D eigenvalue weighted by Crippen LogP contribution is -2.46. The molecule has 0 saturated carbocycles. The molecule has 10 heteroatoms. The molecule has 2 amide bonds. The van der Waals surface area contributed by atoms with E-state index in [9.17, 15) is 14.7 Å². The Morgan fingerprint density at radius 1 is 1.02 bits per heavy atom. The minimum absolute atomic E-state index is 0.172. The van der Waals surface area contributed by atoms with Gasteiger partial charge in [0.1, 0.15) is 0 Å². The number of benzene rings is 2. The molecular weight excluding hydrogens is 602 g/mol. The number of aliphatic hydroxyl groups is 1. The van der Waals surface area contributed by atoms with Gasteiger partial charge < -0.3 is 19.6 Å². The Balaban J connectivity index is 1.60. The number of carbonyl (C=O) groups is 2. The SMILES string of the molecule is CCCCN(CCCC)C(=O)c1nn(-c2ccc(-c3ccc(OC)nc3)cc2C(=O)N2Cc3ccccc3C[C@H]2CO)c(C)c1Cl. The number of carbonyl (C=O) groups excluding carboxylic acids is 2. The third-order valence-electron chi connectivity index (χ3n) is 8.66. The highest BCUT2D eigenvalue weighted by molar-refractivity contribution is 6.34. The van der Waals surface area contributed by atoms with Crippen LogP contribution in [-0.4, -0.2) is 74.3 Å². The lowest BCUT2D eigenvalue weighted by atomic mass is 9.93. The summed E-state index contributed by atoms with van der Waals surface area (Å²) < 4.78 is 6.83. The van der Waals surface area contributed by atoms with Crippen LogP contribution in [0.5, 0.6) is 5.88 Å². The molecule has 3 heterocycles. The molecular formula is C36H42ClN5O4. The molecule has 1 N–H and O–H groups in total. The molecule has 0 unspecified atom stereocenters. The van der Waals surface area contributed by atoms with Crippen molar-refractivity contribution < 1.29 is 19.4 Å². The van der Waals surface area contributed by atoms with Crippen LogP contribution in [0.1, 0.15) is 77.2 Å². The van der Waals surface area contributed by atoms with E-state index in [1.807, 2.05) is 53.4 Å². The van der Waals surface area contributed by atoms with E-state index in [4.69, 9.17) is 21.4 Å². The summed E-state index contributed by atoms with van der Waals surface area (Å²) in [6, 6.07) is 16.8. The maximum atomic E-state index is 14.6. The zero-order chi connectivity index (χ0) is 32.8. The summed E-state index contributed by atoms with van der Waals surface area (Å²) in [4.78, 5) is 36.2. The number of unbranched alkanes of at least 4 members (excludes halogenated alkanes) is 2. The topological polar surface area (TPSA) is 101 Å². The average molecular weight is 644 g/mol. The van der Waals surface area contributed by atoms with Crippen molar-refractivity contribution in [3.8, 4) is 22.7 Å². The van der Waals surface area contributed by atoms with Crippen molar-refractivity contribution in [3.05, 3.63) is 93.9 Å². The molecule has 5 rings (SSSR count). The minimum Gasteiger partial charge on any atom is -0.481 e. The van der Waals surface area contributed by atoms with Crippen molar-refractivity contribution in [2.75, 3.05) is 26.8 Å². The largest absolute Gasteiger partial charge is 0.481 e. The Morgan fingerprint density at radius 3 is 2.35 bits per heavy atom. The van der Waals surface area contributed by atoms with Crippen LogP contribution in [0.4, 0.5) is 0 Å². The van der Waals surface area contributed by atoms with Gasteiger partial charge >= 0.3 is 0 Å². The minimum atomic E-state index is -0.397. The third-order valence-corrected chi connectivity index (χ3v) is 9.11. The van der Waals surface area contributed by atoms with Gasteiger partial charge in [0.05, 0.1) is 41.7 Å². The standard InChI is InChI=1S/C36H42ClN5O4/c1-5-7-17-40(18-8-6-2)36(45)34-33(37)24(3)42(39-34)31-15-13-26(27-14-16-32(46-4)38-21-27)20-30(31)35(44)41-22-28-12-10-9-11-25(28)19-29(41)23-43/h9-16,20-21,29,43H,5-8,17-19,22-23H2,1-4H3/t29-/m0/s1. The van der Waals surface area contributed by atoms with E-state index in [1.54, 1.807) is 35.9 Å². The molecule has 2 aromatic carbocycles. The molecule has 0 spiro atoms. The second-order valence-corrected chi connectivity index (χ2v) is 12.1. The van der Waals surface area contributed by atoms with Crippen LogP contribution in [0.3, 0.4) is 0 Å². The van der Waals surface area contributed by atoms with E-state index in [2.05, 4.69) is 18.8 Å². The lowest BCUT2D eigenvalue weighted by Gasteiger charge is -2.36. The number of hydrogen-bond donors (Lipinski definition) is 1. The Labute approximate surface area is 275 Å². The first-order valence-corrected chi connectivity index (χ1v) is 16.4. The highest BCUT2D eigenvalue weighted by atomic mass is 35.5. The number of hydrogen-bond acceptors (Lipinski definition) is 6. The molecule has 1 aliphatic rings. The van der Waals surface area contributed by atoms with Crippen LogP contribution in [0, 0.1) is 6.92 Å². The molecule has 1 atom stereocenters. The van der Waals surface area contributed by atoms with Crippen molar-refractivity contribution in [2.45, 2.75) is 65.5 Å². The molecule has 0 radical (unpaired) electrons. The Kier molecular flexibility index (Phi) is 10.8. The number of ether oxygens (including phenoxy) is 1. The van der Waals surface area contributed by atoms with Crippen molar-refractivity contribution in [2.24, 2.45) is 0 Å². The maximum Gasteiger partial charge on any atom is 0.275 e. The van der Waals surface area contributed by atoms with E-state index in [0.717, 1.165) is 47.9 Å². The molecule has 4 aromatic rings. The highest BCUT2D eigenvalue weighted by Gasteiger charge is 2.33. The van der Waals surface area contributed by atoms with Gasteiger partial charge in [0.2, 0.25) is 5.88 Å². The first kappa shape index (κ1) is 33.2. The van der Waals surface area contributed by atoms with Gasteiger partial charge in [0, 0.05) is 37.5 Å². The van der Waals surface area contributed by atoms with Gasteiger partial charge in [-0.15, -0.1) is 0 Å². The normalized spacial score (nSPS) is 14.2. The summed E-state index contributed by atoms with van der Waals surface area (Å²) in [5, 5.41) is 15.4. The summed E-state index contributed by atoms with van der Waals surface area (Å²) in [6.45, 7) is 7.45. The van der Waals surface area contributed by atoms with Crippen LogP contribution in [0.25, 0.3) is 16.8 Å². The summed E-state index contributed by atoms with van der Waals surface area (Å²) in [5.74, 6) is 0.0224. The van der Waals surface area contributed by atoms with Gasteiger partial charge in [-0.2, -0.15) is 5.10 Å². The average Bonchev–Trinajstić information content (AvgIpc) is 3.39. The predicted molar refractivity (Wildman–Crippen MR) is 180 cm³/mol. The Bertz CT molecular complexity index is 1680. The monoisotopic (exact) mass is 643 g/mol. The summed E-state index contributed by atoms with van der Waals surface area (Å²) in [7, 11) is 1.56. The second kappa shape index (κ2) is 14.9. The molecule has 0 bridgehead atoms. The summed E-state index contributed by atoms with van der Waals surface area (Å²) >= 11 is 6.83. The van der Waals surface area contributed by atoms with Crippen LogP contribution in [0.2, 0.25) is 5.02 Å². The van der Waals surface area contributed by atoms with Crippen LogP contribution >= 0.6 is 11.6 Å². The first-order valence-electron chi connectivity index (χ1n) is 16.0. The molecule has 0 saturated heterocycles. The van der Waals surface area contributed by atoms with Crippen LogP contribution in [-0.2, 0) is 13.0 Å². The Hall–Kier alpha value is -4.21. The number of fused-ring (bicyclic) bond motifs is 1. The van der Waals surface area contributed by atoms with Gasteiger partial charge in [0.25, 0.3) is 11.8 Å². The van der Waals surface area contributed by atoms with Gasteiger partial charge in [-0.05, 0) is 61.1 Å². The van der Waals surface area contributed by atoms with Crippen LogP contribution in [0.15, 0.2) is 60.8 Å². The fourth-order valence-electron chi connectivity index (χ4n) is 5.90. The zero-order valence-corrected chi connectivity index (χ0v) is 27.8. The van der Waals surface area contributed by atoms with Crippen molar-refractivity contribution >= 4 is 23.4 Å². The van der Waals surface area contributed by atoms with Crippen LogP contribution < -0.4 is 4.74 Å². The quantitative estimate of drug-likeness (QED) is 0.189. The zero-order valence-electron chi connectivity index (χ0n) is 27.0. The lowest BCUT2D eigenvalue weighted by molar-refractivity contribution is 0.0544. The Morgan fingerprint density at radius 2 is 1.72 bits per heavy atom. The molecule has 2 aromatic heterocycles. The molecule has 0 aliphatic carbocycles. The number of aliphatic hydroxyl groups excluding tert-OH is 1. The fraction of sp³-hybridized carbons (Fsp3) is 0.389. The van der Waals surface area contributed by atoms with Gasteiger partial charge in [0.15, 0.2) is 5.69 Å². The fourth-order valence-corrected chi connectivity index (χ4v) is 6.10. The number of amides is 2. The first-order chi connectivity index (χ1) is 22.3. The summed E-state index contributed by atoms with van der Waals surface area (Å²) in [6.07, 6.45) is 5.95. The number of aromatic nitrogens is 3. The third kappa shape index (κ3) is 6.81. The molecule has 1 aliphatic heterocycles. The molecule has 242 valence electrons. The van der Waals surface area contributed by atoms with Crippen molar-refractivity contribution in [1.82, 2.24) is 24.6 Å². The van der Waals surface area contributed by atoms with E-state index in [1.165, 1.54) is 0 Å². The van der Waals surface area contributed by atoms with Gasteiger partial charge in [-0.1, -0.05) is 68.6 Å². The maximum absolute atomic E-state index is 14.6. The number of nitrogens with zero attached hydrogens (tertiary/aromatic N) is 5.